The van der Waals surface area contributed by atoms with Crippen LogP contribution in [-0.4, -0.2) is 4.98 Å². The van der Waals surface area contributed by atoms with E-state index in [4.69, 9.17) is 23.2 Å². The van der Waals surface area contributed by atoms with Crippen LogP contribution in [0.3, 0.4) is 0 Å². The average Bonchev–Trinajstić information content (AvgIpc) is 2.34. The highest BCUT2D eigenvalue weighted by atomic mass is 35.5. The average molecular weight is 263 g/mol. The highest BCUT2D eigenvalue weighted by Gasteiger charge is 2.17. The Kier molecular flexibility index (Phi) is 3.63. The maximum absolute atomic E-state index is 9.25. The molecule has 0 saturated heterocycles. The summed E-state index contributed by atoms with van der Waals surface area (Å²) in [6.07, 6.45) is 1.50. The molecule has 0 aliphatic rings. The van der Waals surface area contributed by atoms with Crippen LogP contribution in [0.1, 0.15) is 17.2 Å². The second-order valence-corrected chi connectivity index (χ2v) is 4.34. The second kappa shape index (κ2) is 5.18. The third kappa shape index (κ3) is 2.58. The highest BCUT2D eigenvalue weighted by Crippen LogP contribution is 2.29. The molecule has 0 aliphatic carbocycles. The molecule has 1 heterocycles. The first-order chi connectivity index (χ1) is 8.22. The third-order valence-electron chi connectivity index (χ3n) is 2.37. The Bertz CT molecular complexity index is 561. The molecular weight excluding hydrogens is 255 g/mol. The summed E-state index contributed by atoms with van der Waals surface area (Å²) in [5.41, 5.74) is 1.40. The van der Waals surface area contributed by atoms with Crippen LogP contribution in [0.5, 0.6) is 0 Å². The van der Waals surface area contributed by atoms with E-state index in [-0.39, 0.29) is 0 Å². The Hall–Kier alpha value is -1.56. The Morgan fingerprint density at radius 1 is 1.18 bits per heavy atom. The molecule has 2 aromatic rings. The Labute approximate surface area is 109 Å². The normalized spacial score (nSPS) is 11.8. The zero-order valence-corrected chi connectivity index (χ0v) is 10.3. The first kappa shape index (κ1) is 11.9. The molecule has 2 rings (SSSR count). The number of hydrogen-bond donors (Lipinski definition) is 0. The van der Waals surface area contributed by atoms with Crippen molar-refractivity contribution in [2.24, 2.45) is 0 Å². The highest BCUT2D eigenvalue weighted by molar-refractivity contribution is 6.34. The summed E-state index contributed by atoms with van der Waals surface area (Å²) < 4.78 is 0. The van der Waals surface area contributed by atoms with Gasteiger partial charge in [0.05, 0.1) is 21.8 Å². The molecule has 0 bridgehead atoms. The lowest BCUT2D eigenvalue weighted by atomic mass is 9.97. The van der Waals surface area contributed by atoms with Gasteiger partial charge >= 0.3 is 0 Å². The number of nitriles is 1. The molecule has 0 aliphatic heterocycles. The molecule has 2 nitrogen and oxygen atoms in total. The van der Waals surface area contributed by atoms with Gasteiger partial charge in [0.1, 0.15) is 5.92 Å². The number of halogens is 2. The fourth-order valence-electron chi connectivity index (χ4n) is 1.58. The Balaban J connectivity index is 2.47. The van der Waals surface area contributed by atoms with E-state index in [1.54, 1.807) is 6.07 Å². The molecule has 0 radical (unpaired) electrons. The van der Waals surface area contributed by atoms with Crippen LogP contribution in [0.25, 0.3) is 0 Å². The van der Waals surface area contributed by atoms with Crippen molar-refractivity contribution in [3.8, 4) is 6.07 Å². The largest absolute Gasteiger partial charge is 0.256 e. The van der Waals surface area contributed by atoms with Crippen LogP contribution in [0.2, 0.25) is 10.0 Å². The van der Waals surface area contributed by atoms with Gasteiger partial charge in [-0.25, -0.2) is 0 Å². The monoisotopic (exact) mass is 262 g/mol. The first-order valence-electron chi connectivity index (χ1n) is 4.98. The van der Waals surface area contributed by atoms with Gasteiger partial charge in [-0.2, -0.15) is 5.26 Å². The van der Waals surface area contributed by atoms with Gasteiger partial charge in [0.25, 0.3) is 0 Å². The SMILES string of the molecule is N#C[C@@H](c1ccccc1)c1ncc(Cl)cc1Cl. The maximum Gasteiger partial charge on any atom is 0.115 e. The first-order valence-corrected chi connectivity index (χ1v) is 5.73. The topological polar surface area (TPSA) is 36.7 Å². The van der Waals surface area contributed by atoms with Gasteiger partial charge in [-0.3, -0.25) is 4.98 Å². The molecular formula is C13H8Cl2N2. The van der Waals surface area contributed by atoms with Crippen LogP contribution >= 0.6 is 23.2 Å². The molecule has 0 N–H and O–H groups in total. The van der Waals surface area contributed by atoms with Crippen LogP contribution in [0.15, 0.2) is 42.6 Å². The van der Waals surface area contributed by atoms with Crippen molar-refractivity contribution in [1.29, 1.82) is 5.26 Å². The minimum absolute atomic E-state index is 0.410. The van der Waals surface area contributed by atoms with E-state index in [1.807, 2.05) is 30.3 Å². The van der Waals surface area contributed by atoms with Crippen LogP contribution < -0.4 is 0 Å². The van der Waals surface area contributed by atoms with Crippen molar-refractivity contribution < 1.29 is 0 Å². The molecule has 0 amide bonds. The Morgan fingerprint density at radius 3 is 2.47 bits per heavy atom. The van der Waals surface area contributed by atoms with Crippen LogP contribution in [-0.2, 0) is 0 Å². The summed E-state index contributed by atoms with van der Waals surface area (Å²) in [7, 11) is 0. The molecule has 1 aromatic carbocycles. The molecule has 1 atom stereocenters. The van der Waals surface area contributed by atoms with Gasteiger partial charge in [-0.15, -0.1) is 0 Å². The predicted octanol–water partition coefficient (Wildman–Crippen LogP) is 4.04. The Morgan fingerprint density at radius 2 is 1.88 bits per heavy atom. The predicted molar refractivity (Wildman–Crippen MR) is 68.2 cm³/mol. The molecule has 0 saturated carbocycles. The van der Waals surface area contributed by atoms with Crippen molar-refractivity contribution in [3.05, 3.63) is 63.9 Å². The summed E-state index contributed by atoms with van der Waals surface area (Å²) in [6.45, 7) is 0. The van der Waals surface area contributed by atoms with Gasteiger partial charge in [-0.1, -0.05) is 53.5 Å². The summed E-state index contributed by atoms with van der Waals surface area (Å²) in [5, 5.41) is 10.1. The van der Waals surface area contributed by atoms with Crippen molar-refractivity contribution >= 4 is 23.2 Å². The summed E-state index contributed by atoms with van der Waals surface area (Å²) >= 11 is 11.8. The number of nitrogens with zero attached hydrogens (tertiary/aromatic N) is 2. The zero-order chi connectivity index (χ0) is 12.3. The van der Waals surface area contributed by atoms with Crippen LogP contribution in [0, 0.1) is 11.3 Å². The lowest BCUT2D eigenvalue weighted by Crippen LogP contribution is -2.01. The molecule has 4 heteroatoms. The van der Waals surface area contributed by atoms with E-state index in [0.29, 0.717) is 15.7 Å². The molecule has 0 unspecified atom stereocenters. The summed E-state index contributed by atoms with van der Waals surface area (Å²) in [6, 6.07) is 13.2. The number of hydrogen-bond acceptors (Lipinski definition) is 2. The van der Waals surface area contributed by atoms with Crippen molar-refractivity contribution in [1.82, 2.24) is 4.98 Å². The van der Waals surface area contributed by atoms with Gasteiger partial charge in [0.15, 0.2) is 0 Å². The van der Waals surface area contributed by atoms with Crippen molar-refractivity contribution in [3.63, 3.8) is 0 Å². The lowest BCUT2D eigenvalue weighted by molar-refractivity contribution is 0.966. The van der Waals surface area contributed by atoms with Crippen molar-refractivity contribution in [2.45, 2.75) is 5.92 Å². The van der Waals surface area contributed by atoms with Gasteiger partial charge in [0.2, 0.25) is 0 Å². The van der Waals surface area contributed by atoms with E-state index >= 15 is 0 Å². The standard InChI is InChI=1S/C13H8Cl2N2/c14-10-6-12(15)13(17-8-10)11(7-16)9-4-2-1-3-5-9/h1-6,8,11H/t11-/m0/s1. The fourth-order valence-corrected chi connectivity index (χ4v) is 2.07. The molecule has 84 valence electrons. The van der Waals surface area contributed by atoms with E-state index in [9.17, 15) is 5.26 Å². The molecule has 0 spiro atoms. The summed E-state index contributed by atoms with van der Waals surface area (Å²) in [4.78, 5) is 4.14. The smallest absolute Gasteiger partial charge is 0.115 e. The summed E-state index contributed by atoms with van der Waals surface area (Å²) in [5.74, 6) is -0.471. The third-order valence-corrected chi connectivity index (χ3v) is 2.88. The fraction of sp³-hybridized carbons (Fsp3) is 0.0769. The zero-order valence-electron chi connectivity index (χ0n) is 8.77. The minimum atomic E-state index is -0.471. The quantitative estimate of drug-likeness (QED) is 0.819. The number of aromatic nitrogens is 1. The maximum atomic E-state index is 9.25. The second-order valence-electron chi connectivity index (χ2n) is 3.49. The van der Waals surface area contributed by atoms with E-state index in [1.165, 1.54) is 6.20 Å². The van der Waals surface area contributed by atoms with E-state index in [0.717, 1.165) is 5.56 Å². The number of pyridine rings is 1. The minimum Gasteiger partial charge on any atom is -0.256 e. The van der Waals surface area contributed by atoms with Crippen molar-refractivity contribution in [2.75, 3.05) is 0 Å². The molecule has 17 heavy (non-hydrogen) atoms. The number of benzene rings is 1. The molecule has 1 aromatic heterocycles. The van der Waals surface area contributed by atoms with E-state index in [2.05, 4.69) is 11.1 Å². The lowest BCUT2D eigenvalue weighted by Gasteiger charge is -2.10. The van der Waals surface area contributed by atoms with Crippen LogP contribution in [0.4, 0.5) is 0 Å². The van der Waals surface area contributed by atoms with E-state index < -0.39 is 5.92 Å². The van der Waals surface area contributed by atoms with Gasteiger partial charge < -0.3 is 0 Å². The van der Waals surface area contributed by atoms with Gasteiger partial charge in [0, 0.05) is 6.20 Å². The molecule has 0 fully saturated rings. The number of rotatable bonds is 2. The van der Waals surface area contributed by atoms with Gasteiger partial charge in [-0.05, 0) is 11.6 Å².